The van der Waals surface area contributed by atoms with Gasteiger partial charge in [-0.2, -0.15) is 0 Å². The molecule has 7 nitrogen and oxygen atoms in total. The number of carbonyl (C=O) groups excluding carboxylic acids is 2. The first kappa shape index (κ1) is 27.5. The molecule has 10 heteroatoms. The predicted octanol–water partition coefficient (Wildman–Crippen LogP) is 7.74. The Bertz CT molecular complexity index is 1780. The van der Waals surface area contributed by atoms with Gasteiger partial charge in [0.1, 0.15) is 17.0 Å². The molecule has 0 spiro atoms. The van der Waals surface area contributed by atoms with Crippen molar-refractivity contribution in [1.29, 1.82) is 0 Å². The number of halogens is 2. The van der Waals surface area contributed by atoms with Gasteiger partial charge in [-0.25, -0.2) is 8.78 Å². The van der Waals surface area contributed by atoms with Gasteiger partial charge in [-0.1, -0.05) is 19.4 Å². The highest BCUT2D eigenvalue weighted by atomic mass is 32.1. The normalized spacial score (nSPS) is 13.5. The largest absolute Gasteiger partial charge is 0.453 e. The number of fused-ring (bicyclic) bond motifs is 1. The first-order valence-corrected chi connectivity index (χ1v) is 14.4. The van der Waals surface area contributed by atoms with E-state index in [0.717, 1.165) is 34.2 Å². The smallest absolute Gasteiger partial charge is 0.240 e. The van der Waals surface area contributed by atoms with Crippen LogP contribution >= 0.6 is 11.3 Å². The molecule has 0 unspecified atom stereocenters. The van der Waals surface area contributed by atoms with E-state index < -0.39 is 28.9 Å². The number of aryl methyl sites for hydroxylation is 1. The lowest BCUT2D eigenvalue weighted by molar-refractivity contribution is -0.131. The summed E-state index contributed by atoms with van der Waals surface area (Å²) in [6, 6.07) is 17.0. The molecule has 2 N–H and O–H groups in total. The van der Waals surface area contributed by atoms with Crippen LogP contribution in [0.4, 0.5) is 20.2 Å². The van der Waals surface area contributed by atoms with Crippen molar-refractivity contribution in [3.63, 3.8) is 0 Å². The summed E-state index contributed by atoms with van der Waals surface area (Å²) < 4.78 is 35.0. The van der Waals surface area contributed by atoms with Gasteiger partial charge < -0.3 is 15.4 Å². The molecule has 5 aromatic rings. The van der Waals surface area contributed by atoms with Gasteiger partial charge in [0.15, 0.2) is 11.6 Å². The average molecular weight is 585 g/mol. The van der Waals surface area contributed by atoms with Gasteiger partial charge in [-0.3, -0.25) is 19.6 Å². The number of thiophene rings is 1. The van der Waals surface area contributed by atoms with Crippen molar-refractivity contribution in [2.45, 2.75) is 32.6 Å². The standard InChI is InChI=1S/C32H26F2N4O3S/c1-2-3-19-4-10-24(36-18-19)28-17-25-29(42-28)27(12-15-35-25)41-26-11-9-22(16-23(26)34)38-31(40)32(13-14-32)30(39)37-21-7-5-20(33)6-8-21/h4-12,15-18H,2-3,13-14H2,1H3,(H,37,39)(H,38,40). The molecular weight excluding hydrogens is 558 g/mol. The summed E-state index contributed by atoms with van der Waals surface area (Å²) in [4.78, 5) is 35.7. The second-order valence-corrected chi connectivity index (χ2v) is 11.2. The van der Waals surface area contributed by atoms with E-state index in [9.17, 15) is 14.0 Å². The molecule has 0 radical (unpaired) electrons. The summed E-state index contributed by atoms with van der Waals surface area (Å²) in [6.07, 6.45) is 6.22. The molecule has 0 atom stereocenters. The fourth-order valence-corrected chi connectivity index (χ4v) is 5.67. The summed E-state index contributed by atoms with van der Waals surface area (Å²) >= 11 is 1.46. The molecule has 1 fully saturated rings. The van der Waals surface area contributed by atoms with Crippen LogP contribution in [0.1, 0.15) is 31.7 Å². The van der Waals surface area contributed by atoms with Crippen LogP contribution < -0.4 is 15.4 Å². The second kappa shape index (κ2) is 11.3. The fourth-order valence-electron chi connectivity index (χ4n) is 4.62. The van der Waals surface area contributed by atoms with E-state index in [-0.39, 0.29) is 11.4 Å². The zero-order valence-corrected chi connectivity index (χ0v) is 23.4. The number of aromatic nitrogens is 2. The predicted molar refractivity (Wildman–Crippen MR) is 159 cm³/mol. The van der Waals surface area contributed by atoms with Crippen LogP contribution in [0.25, 0.3) is 20.8 Å². The Labute approximate surface area is 244 Å². The zero-order chi connectivity index (χ0) is 29.3. The van der Waals surface area contributed by atoms with Crippen molar-refractivity contribution in [2.24, 2.45) is 5.41 Å². The molecule has 212 valence electrons. The van der Waals surface area contributed by atoms with E-state index in [0.29, 0.717) is 29.8 Å². The highest BCUT2D eigenvalue weighted by Crippen LogP contribution is 2.48. The van der Waals surface area contributed by atoms with Gasteiger partial charge in [0.25, 0.3) is 0 Å². The first-order chi connectivity index (χ1) is 20.3. The van der Waals surface area contributed by atoms with Crippen LogP contribution in [0.3, 0.4) is 0 Å². The maximum atomic E-state index is 15.1. The Balaban J connectivity index is 1.15. The molecular formula is C32H26F2N4O3S. The third-order valence-corrected chi connectivity index (χ3v) is 8.28. The molecule has 6 rings (SSSR count). The second-order valence-electron chi connectivity index (χ2n) is 10.2. The van der Waals surface area contributed by atoms with Crippen LogP contribution in [0.2, 0.25) is 0 Å². The van der Waals surface area contributed by atoms with Crippen molar-refractivity contribution in [3.8, 4) is 22.1 Å². The van der Waals surface area contributed by atoms with E-state index in [4.69, 9.17) is 4.74 Å². The molecule has 2 aromatic carbocycles. The van der Waals surface area contributed by atoms with Gasteiger partial charge in [0.2, 0.25) is 11.8 Å². The van der Waals surface area contributed by atoms with Crippen LogP contribution in [-0.4, -0.2) is 21.8 Å². The number of anilines is 2. The molecule has 42 heavy (non-hydrogen) atoms. The number of pyridine rings is 2. The Hall–Kier alpha value is -4.70. The van der Waals surface area contributed by atoms with Crippen molar-refractivity contribution in [1.82, 2.24) is 9.97 Å². The quantitative estimate of drug-likeness (QED) is 0.173. The Morgan fingerprint density at radius 3 is 2.31 bits per heavy atom. The number of carbonyl (C=O) groups is 2. The fraction of sp³-hybridized carbons (Fsp3) is 0.188. The Morgan fingerprint density at radius 1 is 0.905 bits per heavy atom. The van der Waals surface area contributed by atoms with Crippen LogP contribution in [0.5, 0.6) is 11.5 Å². The number of hydrogen-bond donors (Lipinski definition) is 2. The van der Waals surface area contributed by atoms with Crippen LogP contribution in [-0.2, 0) is 16.0 Å². The minimum Gasteiger partial charge on any atom is -0.453 e. The SMILES string of the molecule is CCCc1ccc(-c2cc3nccc(Oc4ccc(NC(=O)C5(C(=O)Nc6ccc(F)cc6)CC5)cc4F)c3s2)nc1. The molecule has 0 bridgehead atoms. The van der Waals surface area contributed by atoms with Crippen LogP contribution in [0, 0.1) is 17.0 Å². The molecule has 3 aromatic heterocycles. The minimum atomic E-state index is -1.26. The molecule has 1 saturated carbocycles. The van der Waals surface area contributed by atoms with E-state index in [2.05, 4.69) is 33.6 Å². The third-order valence-electron chi connectivity index (χ3n) is 7.12. The zero-order valence-electron chi connectivity index (χ0n) is 22.6. The summed E-state index contributed by atoms with van der Waals surface area (Å²) in [7, 11) is 0. The number of ether oxygens (including phenoxy) is 1. The van der Waals surface area contributed by atoms with E-state index in [1.807, 2.05) is 18.3 Å². The van der Waals surface area contributed by atoms with Crippen molar-refractivity contribution in [3.05, 3.63) is 96.3 Å². The molecule has 1 aliphatic carbocycles. The average Bonchev–Trinajstić information content (AvgIpc) is 3.69. The van der Waals surface area contributed by atoms with E-state index in [1.54, 1.807) is 12.3 Å². The summed E-state index contributed by atoms with van der Waals surface area (Å²) in [5, 5.41) is 5.30. The number of nitrogens with one attached hydrogen (secondary N) is 2. The summed E-state index contributed by atoms with van der Waals surface area (Å²) in [5.74, 6) is -1.70. The van der Waals surface area contributed by atoms with Crippen molar-refractivity contribution in [2.75, 3.05) is 10.6 Å². The highest BCUT2D eigenvalue weighted by Gasteiger charge is 2.56. The van der Waals surface area contributed by atoms with Gasteiger partial charge >= 0.3 is 0 Å². The lowest BCUT2D eigenvalue weighted by Crippen LogP contribution is -2.35. The number of nitrogens with zero attached hydrogens (tertiary/aromatic N) is 2. The number of benzene rings is 2. The van der Waals surface area contributed by atoms with E-state index in [1.165, 1.54) is 53.3 Å². The Morgan fingerprint density at radius 2 is 1.64 bits per heavy atom. The third kappa shape index (κ3) is 5.58. The number of rotatable bonds is 9. The maximum absolute atomic E-state index is 15.1. The molecule has 2 amide bonds. The van der Waals surface area contributed by atoms with E-state index >= 15 is 4.39 Å². The summed E-state index contributed by atoms with van der Waals surface area (Å²) in [6.45, 7) is 2.13. The van der Waals surface area contributed by atoms with Crippen molar-refractivity contribution >= 4 is 44.7 Å². The van der Waals surface area contributed by atoms with Gasteiger partial charge in [0.05, 0.1) is 20.8 Å². The lowest BCUT2D eigenvalue weighted by atomic mass is 10.0. The maximum Gasteiger partial charge on any atom is 0.240 e. The van der Waals surface area contributed by atoms with Gasteiger partial charge in [-0.15, -0.1) is 11.3 Å². The van der Waals surface area contributed by atoms with Crippen molar-refractivity contribution < 1.29 is 23.1 Å². The molecule has 0 aliphatic heterocycles. The monoisotopic (exact) mass is 584 g/mol. The van der Waals surface area contributed by atoms with Gasteiger partial charge in [0, 0.05) is 35.9 Å². The number of amides is 2. The lowest BCUT2D eigenvalue weighted by Gasteiger charge is -2.16. The molecule has 1 aliphatic rings. The highest BCUT2D eigenvalue weighted by molar-refractivity contribution is 7.22. The first-order valence-electron chi connectivity index (χ1n) is 13.5. The van der Waals surface area contributed by atoms with Crippen LogP contribution in [0.15, 0.2) is 79.1 Å². The van der Waals surface area contributed by atoms with Gasteiger partial charge in [-0.05, 0) is 73.4 Å². The topological polar surface area (TPSA) is 93.2 Å². The Kier molecular flexibility index (Phi) is 7.38. The number of hydrogen-bond acceptors (Lipinski definition) is 6. The summed E-state index contributed by atoms with van der Waals surface area (Å²) in [5.41, 5.74) is 2.05. The molecule has 0 saturated heterocycles. The molecule has 3 heterocycles. The minimum absolute atomic E-state index is 0.0207.